The van der Waals surface area contributed by atoms with E-state index in [1.165, 1.54) is 18.4 Å². The first-order valence-electron chi connectivity index (χ1n) is 9.49. The number of nitrogens with zero attached hydrogens (tertiary/aromatic N) is 3. The Hall–Kier alpha value is -2.86. The van der Waals surface area contributed by atoms with Crippen LogP contribution in [-0.4, -0.2) is 51.6 Å². The van der Waals surface area contributed by atoms with Gasteiger partial charge in [-0.05, 0) is 30.5 Å². The number of amides is 1. The molecule has 1 N–H and O–H groups in total. The number of nitrogens with one attached hydrogen (secondary N) is 1. The van der Waals surface area contributed by atoms with E-state index in [1.54, 1.807) is 12.3 Å². The normalized spacial score (nSPS) is 20.7. The predicted molar refractivity (Wildman–Crippen MR) is 101 cm³/mol. The van der Waals surface area contributed by atoms with E-state index in [1.807, 2.05) is 35.2 Å². The van der Waals surface area contributed by atoms with Gasteiger partial charge in [0.05, 0.1) is 12.3 Å². The summed E-state index contributed by atoms with van der Waals surface area (Å²) in [6.45, 7) is 2.53. The van der Waals surface area contributed by atoms with Crippen molar-refractivity contribution in [1.29, 1.82) is 0 Å². The second kappa shape index (κ2) is 6.70. The van der Waals surface area contributed by atoms with E-state index in [4.69, 9.17) is 4.42 Å². The number of aromatic amines is 1. The van der Waals surface area contributed by atoms with Crippen LogP contribution in [0.1, 0.15) is 34.9 Å². The maximum absolute atomic E-state index is 13.3. The van der Waals surface area contributed by atoms with Crippen LogP contribution in [0.3, 0.4) is 0 Å². The van der Waals surface area contributed by atoms with Gasteiger partial charge in [0.15, 0.2) is 11.5 Å². The summed E-state index contributed by atoms with van der Waals surface area (Å²) in [7, 11) is 0. The summed E-state index contributed by atoms with van der Waals surface area (Å²) in [5, 5.41) is 7.17. The molecule has 5 rings (SSSR count). The molecule has 1 aliphatic carbocycles. The molecule has 2 aromatic heterocycles. The van der Waals surface area contributed by atoms with Gasteiger partial charge >= 0.3 is 0 Å². The van der Waals surface area contributed by atoms with E-state index in [-0.39, 0.29) is 11.9 Å². The third kappa shape index (κ3) is 3.17. The van der Waals surface area contributed by atoms with Crippen molar-refractivity contribution in [3.63, 3.8) is 0 Å². The number of hydrogen-bond acceptors (Lipinski definition) is 4. The van der Waals surface area contributed by atoms with Crippen molar-refractivity contribution in [2.24, 2.45) is 0 Å². The standard InChI is InChI=1S/C21H22N4O2/c26-21(18-13-17(22-23-18)20-7-4-12-27-20)25-11-10-24(16-8-9-16)14-19(25)15-5-2-1-3-6-15/h1-7,12-13,16,19H,8-11,14H2,(H,22,23). The Bertz CT molecular complexity index is 915. The molecule has 2 fully saturated rings. The number of piperazine rings is 1. The largest absolute Gasteiger partial charge is 0.463 e. The van der Waals surface area contributed by atoms with Crippen molar-refractivity contribution < 1.29 is 9.21 Å². The average molecular weight is 362 g/mol. The van der Waals surface area contributed by atoms with Gasteiger partial charge in [-0.2, -0.15) is 5.10 Å². The monoisotopic (exact) mass is 362 g/mol. The van der Waals surface area contributed by atoms with E-state index in [0.717, 1.165) is 25.3 Å². The molecule has 1 atom stereocenters. The number of rotatable bonds is 4. The van der Waals surface area contributed by atoms with Crippen molar-refractivity contribution in [3.05, 3.63) is 66.1 Å². The maximum atomic E-state index is 13.3. The predicted octanol–water partition coefficient (Wildman–Crippen LogP) is 3.33. The fourth-order valence-corrected chi connectivity index (χ4v) is 3.92. The van der Waals surface area contributed by atoms with Crippen molar-refractivity contribution >= 4 is 5.91 Å². The number of furan rings is 1. The summed E-state index contributed by atoms with van der Waals surface area (Å²) in [4.78, 5) is 17.7. The van der Waals surface area contributed by atoms with Crippen molar-refractivity contribution in [2.75, 3.05) is 19.6 Å². The Balaban J connectivity index is 1.42. The molecule has 0 radical (unpaired) electrons. The number of benzene rings is 1. The highest BCUT2D eigenvalue weighted by Crippen LogP contribution is 2.34. The lowest BCUT2D eigenvalue weighted by Gasteiger charge is -2.41. The molecular formula is C21H22N4O2. The summed E-state index contributed by atoms with van der Waals surface area (Å²) in [6, 6.07) is 16.5. The Labute approximate surface area is 157 Å². The Morgan fingerprint density at radius 1 is 1.11 bits per heavy atom. The number of H-pyrrole nitrogens is 1. The lowest BCUT2D eigenvalue weighted by atomic mass is 10.0. The second-order valence-electron chi connectivity index (χ2n) is 7.30. The van der Waals surface area contributed by atoms with Gasteiger partial charge in [0.25, 0.3) is 5.91 Å². The van der Waals surface area contributed by atoms with E-state index in [0.29, 0.717) is 17.5 Å². The van der Waals surface area contributed by atoms with Crippen LogP contribution >= 0.6 is 0 Å². The molecule has 138 valence electrons. The van der Waals surface area contributed by atoms with Crippen LogP contribution in [0.5, 0.6) is 0 Å². The van der Waals surface area contributed by atoms with E-state index >= 15 is 0 Å². The Morgan fingerprint density at radius 3 is 2.70 bits per heavy atom. The Kier molecular flexibility index (Phi) is 4.05. The molecule has 3 aromatic rings. The van der Waals surface area contributed by atoms with Gasteiger partial charge in [-0.1, -0.05) is 30.3 Å². The first kappa shape index (κ1) is 16.3. The first-order valence-corrected chi connectivity index (χ1v) is 9.49. The highest BCUT2D eigenvalue weighted by molar-refractivity contribution is 5.93. The zero-order valence-electron chi connectivity index (χ0n) is 15.0. The fraction of sp³-hybridized carbons (Fsp3) is 0.333. The van der Waals surface area contributed by atoms with Gasteiger partial charge < -0.3 is 9.32 Å². The van der Waals surface area contributed by atoms with Crippen LogP contribution in [0.15, 0.2) is 59.2 Å². The number of carbonyl (C=O) groups is 1. The molecule has 0 bridgehead atoms. The quantitative estimate of drug-likeness (QED) is 0.773. The average Bonchev–Trinajstić information content (AvgIpc) is 3.20. The van der Waals surface area contributed by atoms with Crippen LogP contribution in [0.25, 0.3) is 11.5 Å². The smallest absolute Gasteiger partial charge is 0.274 e. The van der Waals surface area contributed by atoms with Crippen LogP contribution in [0, 0.1) is 0 Å². The lowest BCUT2D eigenvalue weighted by molar-refractivity contribution is 0.0427. The van der Waals surface area contributed by atoms with Gasteiger partial charge in [0.2, 0.25) is 0 Å². The van der Waals surface area contributed by atoms with Crippen molar-refractivity contribution in [3.8, 4) is 11.5 Å². The first-order chi connectivity index (χ1) is 13.3. The molecule has 1 aliphatic heterocycles. The minimum Gasteiger partial charge on any atom is -0.463 e. The molecule has 2 aliphatic rings. The van der Waals surface area contributed by atoms with Crippen LogP contribution in [0.4, 0.5) is 0 Å². The molecule has 1 saturated carbocycles. The molecule has 1 unspecified atom stereocenters. The fourth-order valence-electron chi connectivity index (χ4n) is 3.92. The van der Waals surface area contributed by atoms with Gasteiger partial charge in [0.1, 0.15) is 5.69 Å². The minimum atomic E-state index is -0.0339. The number of carbonyl (C=O) groups excluding carboxylic acids is 1. The molecule has 3 heterocycles. The van der Waals surface area contributed by atoms with E-state index in [2.05, 4.69) is 27.2 Å². The van der Waals surface area contributed by atoms with Gasteiger partial charge in [-0.25, -0.2) is 0 Å². The summed E-state index contributed by atoms with van der Waals surface area (Å²) in [6.07, 6.45) is 4.17. The molecule has 0 spiro atoms. The third-order valence-corrected chi connectivity index (χ3v) is 5.50. The summed E-state index contributed by atoms with van der Waals surface area (Å²) in [5.74, 6) is 0.646. The summed E-state index contributed by atoms with van der Waals surface area (Å²) in [5.41, 5.74) is 2.33. The molecule has 1 amide bonds. The maximum Gasteiger partial charge on any atom is 0.274 e. The molecule has 1 saturated heterocycles. The number of hydrogen-bond donors (Lipinski definition) is 1. The molecule has 1 aromatic carbocycles. The van der Waals surface area contributed by atoms with Crippen LogP contribution in [0.2, 0.25) is 0 Å². The SMILES string of the molecule is O=C(c1cc(-c2ccco2)[nH]n1)N1CCN(C2CC2)CC1c1ccccc1. The van der Waals surface area contributed by atoms with Gasteiger partial charge in [-0.15, -0.1) is 0 Å². The van der Waals surface area contributed by atoms with Crippen molar-refractivity contribution in [2.45, 2.75) is 24.9 Å². The highest BCUT2D eigenvalue weighted by Gasteiger charge is 2.38. The van der Waals surface area contributed by atoms with E-state index in [9.17, 15) is 4.79 Å². The van der Waals surface area contributed by atoms with Gasteiger partial charge in [-0.3, -0.25) is 14.8 Å². The molecule has 6 nitrogen and oxygen atoms in total. The molecule has 6 heteroatoms. The van der Waals surface area contributed by atoms with Gasteiger partial charge in [0, 0.05) is 31.7 Å². The van der Waals surface area contributed by atoms with Crippen LogP contribution < -0.4 is 0 Å². The topological polar surface area (TPSA) is 65.4 Å². The molecule has 27 heavy (non-hydrogen) atoms. The zero-order chi connectivity index (χ0) is 18.2. The van der Waals surface area contributed by atoms with E-state index < -0.39 is 0 Å². The highest BCUT2D eigenvalue weighted by atomic mass is 16.3. The number of aromatic nitrogens is 2. The van der Waals surface area contributed by atoms with Crippen molar-refractivity contribution in [1.82, 2.24) is 20.0 Å². The molecular weight excluding hydrogens is 340 g/mol. The summed E-state index contributed by atoms with van der Waals surface area (Å²) < 4.78 is 5.39. The third-order valence-electron chi connectivity index (χ3n) is 5.50. The van der Waals surface area contributed by atoms with Crippen LogP contribution in [-0.2, 0) is 0 Å². The second-order valence-corrected chi connectivity index (χ2v) is 7.30. The minimum absolute atomic E-state index is 0.0339. The summed E-state index contributed by atoms with van der Waals surface area (Å²) >= 11 is 0. The lowest BCUT2D eigenvalue weighted by Crippen LogP contribution is -2.51. The Morgan fingerprint density at radius 2 is 1.96 bits per heavy atom. The zero-order valence-corrected chi connectivity index (χ0v) is 15.0.